The first-order chi connectivity index (χ1) is 9.06. The van der Waals surface area contributed by atoms with Crippen molar-refractivity contribution < 1.29 is 9.13 Å². The van der Waals surface area contributed by atoms with Crippen LogP contribution in [0.4, 0.5) is 4.39 Å². The van der Waals surface area contributed by atoms with Crippen LogP contribution in [0.5, 0.6) is 5.75 Å². The summed E-state index contributed by atoms with van der Waals surface area (Å²) in [5.74, 6) is 0.554. The SMILES string of the molecule is Cc1cc(C(C)N)ccc1OCc1cccc(F)c1. The minimum atomic E-state index is -0.245. The van der Waals surface area contributed by atoms with E-state index >= 15 is 0 Å². The Morgan fingerprint density at radius 3 is 2.63 bits per heavy atom. The topological polar surface area (TPSA) is 35.2 Å². The van der Waals surface area contributed by atoms with Crippen LogP contribution < -0.4 is 10.5 Å². The molecule has 0 spiro atoms. The van der Waals surface area contributed by atoms with Crippen LogP contribution in [0.15, 0.2) is 42.5 Å². The van der Waals surface area contributed by atoms with Crippen molar-refractivity contribution in [2.75, 3.05) is 0 Å². The maximum atomic E-state index is 13.0. The molecule has 19 heavy (non-hydrogen) atoms. The summed E-state index contributed by atoms with van der Waals surface area (Å²) in [4.78, 5) is 0. The highest BCUT2D eigenvalue weighted by atomic mass is 19.1. The summed E-state index contributed by atoms with van der Waals surface area (Å²) in [6.45, 7) is 4.28. The molecule has 0 amide bonds. The van der Waals surface area contributed by atoms with E-state index in [-0.39, 0.29) is 11.9 Å². The lowest BCUT2D eigenvalue weighted by atomic mass is 10.1. The van der Waals surface area contributed by atoms with E-state index < -0.39 is 0 Å². The first-order valence-corrected chi connectivity index (χ1v) is 6.29. The maximum Gasteiger partial charge on any atom is 0.123 e. The van der Waals surface area contributed by atoms with Crippen LogP contribution in [0, 0.1) is 12.7 Å². The van der Waals surface area contributed by atoms with E-state index in [1.165, 1.54) is 12.1 Å². The summed E-state index contributed by atoms with van der Waals surface area (Å²) >= 11 is 0. The van der Waals surface area contributed by atoms with E-state index in [2.05, 4.69) is 0 Å². The molecule has 0 aliphatic heterocycles. The van der Waals surface area contributed by atoms with Crippen molar-refractivity contribution in [1.82, 2.24) is 0 Å². The molecule has 0 heterocycles. The third kappa shape index (κ3) is 3.55. The van der Waals surface area contributed by atoms with E-state index in [4.69, 9.17) is 10.5 Å². The molecular formula is C16H18FNO. The fourth-order valence-corrected chi connectivity index (χ4v) is 1.91. The molecule has 0 saturated heterocycles. The Morgan fingerprint density at radius 1 is 1.21 bits per heavy atom. The predicted octanol–water partition coefficient (Wildman–Crippen LogP) is 3.73. The molecule has 100 valence electrons. The molecule has 0 aliphatic carbocycles. The van der Waals surface area contributed by atoms with Crippen LogP contribution in [0.1, 0.15) is 29.7 Å². The largest absolute Gasteiger partial charge is 0.489 e. The van der Waals surface area contributed by atoms with Gasteiger partial charge in [0.05, 0.1) is 0 Å². The minimum Gasteiger partial charge on any atom is -0.489 e. The molecule has 1 atom stereocenters. The number of nitrogens with two attached hydrogens (primary N) is 1. The van der Waals surface area contributed by atoms with Gasteiger partial charge in [0.15, 0.2) is 0 Å². The summed E-state index contributed by atoms with van der Waals surface area (Å²) in [5.41, 5.74) is 8.76. The third-order valence-electron chi connectivity index (χ3n) is 3.01. The van der Waals surface area contributed by atoms with E-state index in [0.717, 1.165) is 22.4 Å². The number of rotatable bonds is 4. The average molecular weight is 259 g/mol. The van der Waals surface area contributed by atoms with Gasteiger partial charge >= 0.3 is 0 Å². The first-order valence-electron chi connectivity index (χ1n) is 6.29. The summed E-state index contributed by atoms with van der Waals surface area (Å²) in [6, 6.07) is 12.3. The van der Waals surface area contributed by atoms with Crippen molar-refractivity contribution in [2.45, 2.75) is 26.5 Å². The minimum absolute atomic E-state index is 0.0102. The Morgan fingerprint density at radius 2 is 2.00 bits per heavy atom. The second kappa shape index (κ2) is 5.85. The molecule has 0 radical (unpaired) electrons. The van der Waals surface area contributed by atoms with Crippen molar-refractivity contribution in [2.24, 2.45) is 5.73 Å². The molecule has 2 aromatic carbocycles. The summed E-state index contributed by atoms with van der Waals surface area (Å²) in [6.07, 6.45) is 0. The lowest BCUT2D eigenvalue weighted by molar-refractivity contribution is 0.303. The van der Waals surface area contributed by atoms with Gasteiger partial charge in [0.2, 0.25) is 0 Å². The number of aryl methyl sites for hydroxylation is 1. The zero-order valence-electron chi connectivity index (χ0n) is 11.2. The van der Waals surface area contributed by atoms with Crippen molar-refractivity contribution >= 4 is 0 Å². The highest BCUT2D eigenvalue weighted by Gasteiger charge is 2.05. The molecule has 3 heteroatoms. The molecule has 0 bridgehead atoms. The number of ether oxygens (including phenoxy) is 1. The molecule has 2 N–H and O–H groups in total. The molecule has 2 rings (SSSR count). The van der Waals surface area contributed by atoms with Crippen molar-refractivity contribution in [3.63, 3.8) is 0 Å². The molecule has 0 saturated carbocycles. The lowest BCUT2D eigenvalue weighted by Crippen LogP contribution is -2.05. The van der Waals surface area contributed by atoms with E-state index in [0.29, 0.717) is 6.61 Å². The number of benzene rings is 2. The number of hydrogen-bond donors (Lipinski definition) is 1. The second-order valence-electron chi connectivity index (χ2n) is 4.73. The predicted molar refractivity (Wildman–Crippen MR) is 74.5 cm³/mol. The van der Waals surface area contributed by atoms with Gasteiger partial charge in [0.1, 0.15) is 18.2 Å². The summed E-state index contributed by atoms with van der Waals surface area (Å²) in [5, 5.41) is 0. The normalized spacial score (nSPS) is 12.2. The molecule has 1 unspecified atom stereocenters. The third-order valence-corrected chi connectivity index (χ3v) is 3.01. The molecule has 0 aromatic heterocycles. The Kier molecular flexibility index (Phi) is 4.17. The summed E-state index contributed by atoms with van der Waals surface area (Å²) in [7, 11) is 0. The van der Waals surface area contributed by atoms with E-state index in [1.54, 1.807) is 6.07 Å². The Hall–Kier alpha value is -1.87. The quantitative estimate of drug-likeness (QED) is 0.908. The van der Waals surface area contributed by atoms with Crippen molar-refractivity contribution in [3.05, 3.63) is 65.0 Å². The Balaban J connectivity index is 2.07. The number of hydrogen-bond acceptors (Lipinski definition) is 2. The second-order valence-corrected chi connectivity index (χ2v) is 4.73. The molecular weight excluding hydrogens is 241 g/mol. The monoisotopic (exact) mass is 259 g/mol. The van der Waals surface area contributed by atoms with Crippen LogP contribution in [0.2, 0.25) is 0 Å². The molecule has 2 aromatic rings. The standard InChI is InChI=1S/C16H18FNO/c1-11-8-14(12(2)18)6-7-16(11)19-10-13-4-3-5-15(17)9-13/h3-9,12H,10,18H2,1-2H3. The Labute approximate surface area is 113 Å². The molecule has 0 fully saturated rings. The van der Waals surface area contributed by atoms with Gasteiger partial charge in [-0.1, -0.05) is 24.3 Å². The van der Waals surface area contributed by atoms with Gasteiger partial charge in [-0.3, -0.25) is 0 Å². The van der Waals surface area contributed by atoms with Gasteiger partial charge in [0.25, 0.3) is 0 Å². The van der Waals surface area contributed by atoms with Crippen LogP contribution in [-0.4, -0.2) is 0 Å². The van der Waals surface area contributed by atoms with Gasteiger partial charge in [-0.15, -0.1) is 0 Å². The van der Waals surface area contributed by atoms with Crippen LogP contribution in [-0.2, 0) is 6.61 Å². The lowest BCUT2D eigenvalue weighted by Gasteiger charge is -2.12. The zero-order valence-corrected chi connectivity index (χ0v) is 11.2. The van der Waals surface area contributed by atoms with Gasteiger partial charge < -0.3 is 10.5 Å². The van der Waals surface area contributed by atoms with Crippen LogP contribution in [0.3, 0.4) is 0 Å². The highest BCUT2D eigenvalue weighted by Crippen LogP contribution is 2.22. The summed E-state index contributed by atoms with van der Waals surface area (Å²) < 4.78 is 18.7. The first kappa shape index (κ1) is 13.6. The Bertz CT molecular complexity index is 566. The molecule has 2 nitrogen and oxygen atoms in total. The van der Waals surface area contributed by atoms with E-state index in [9.17, 15) is 4.39 Å². The molecule has 0 aliphatic rings. The van der Waals surface area contributed by atoms with E-state index in [1.807, 2.05) is 38.1 Å². The van der Waals surface area contributed by atoms with Gasteiger partial charge in [-0.25, -0.2) is 4.39 Å². The van der Waals surface area contributed by atoms with Gasteiger partial charge in [-0.05, 0) is 48.7 Å². The smallest absolute Gasteiger partial charge is 0.123 e. The van der Waals surface area contributed by atoms with Crippen molar-refractivity contribution in [1.29, 1.82) is 0 Å². The van der Waals surface area contributed by atoms with Crippen molar-refractivity contribution in [3.8, 4) is 5.75 Å². The highest BCUT2D eigenvalue weighted by molar-refractivity contribution is 5.37. The van der Waals surface area contributed by atoms with Crippen LogP contribution in [0.25, 0.3) is 0 Å². The average Bonchev–Trinajstić information content (AvgIpc) is 2.37. The zero-order chi connectivity index (χ0) is 13.8. The van der Waals surface area contributed by atoms with Crippen LogP contribution >= 0.6 is 0 Å². The van der Waals surface area contributed by atoms with Gasteiger partial charge in [0, 0.05) is 6.04 Å². The van der Waals surface area contributed by atoms with Gasteiger partial charge in [-0.2, -0.15) is 0 Å². The number of halogens is 1. The maximum absolute atomic E-state index is 13.0. The fraction of sp³-hybridized carbons (Fsp3) is 0.250. The fourth-order valence-electron chi connectivity index (χ4n) is 1.91.